The molecule has 15 heteroatoms. The first-order chi connectivity index (χ1) is 18.8. The molecule has 40 heavy (non-hydrogen) atoms. The number of nitrogens with zero attached hydrogens (tertiary/aromatic N) is 1. The number of aromatic amines is 1. The summed E-state index contributed by atoms with van der Waals surface area (Å²) in [6.45, 7) is 1.15. The van der Waals surface area contributed by atoms with E-state index < -0.39 is 61.4 Å². The van der Waals surface area contributed by atoms with Crippen LogP contribution in [0.4, 0.5) is 4.39 Å². The molecule has 1 unspecified atom stereocenters. The van der Waals surface area contributed by atoms with E-state index in [9.17, 15) is 29.2 Å². The second kappa shape index (κ2) is 11.9. The SMILES string of the molecule is CC(N[P@@](=O)(OC[C@@]1(F)O[C@@H](n2ccc(=O)[nH]c2=O)[C@](C)(O)[C@@H]1O)Oc1ccccc1)C(=O)OC1CCCCC1. The smallest absolute Gasteiger partial charge is 0.459 e. The summed E-state index contributed by atoms with van der Waals surface area (Å²) in [5.41, 5.74) is -4.16. The summed E-state index contributed by atoms with van der Waals surface area (Å²) in [5.74, 6) is -3.84. The molecule has 13 nitrogen and oxygen atoms in total. The number of benzene rings is 1. The van der Waals surface area contributed by atoms with Gasteiger partial charge in [0.2, 0.25) is 0 Å². The zero-order valence-corrected chi connectivity index (χ0v) is 22.9. The quantitative estimate of drug-likeness (QED) is 0.236. The highest BCUT2D eigenvalue weighted by Crippen LogP contribution is 2.50. The molecule has 6 atom stereocenters. The van der Waals surface area contributed by atoms with Gasteiger partial charge in [0.25, 0.3) is 11.4 Å². The first kappa shape index (κ1) is 30.1. The van der Waals surface area contributed by atoms with Gasteiger partial charge in [-0.3, -0.25) is 23.7 Å². The van der Waals surface area contributed by atoms with Crippen molar-refractivity contribution < 1.29 is 42.5 Å². The number of halogens is 1. The first-order valence-electron chi connectivity index (χ1n) is 12.9. The molecule has 2 aliphatic rings. The molecule has 2 heterocycles. The number of esters is 1. The first-order valence-corrected chi connectivity index (χ1v) is 14.4. The zero-order valence-electron chi connectivity index (χ0n) is 22.0. The number of aromatic nitrogens is 2. The molecule has 1 aromatic carbocycles. The van der Waals surface area contributed by atoms with Crippen molar-refractivity contribution in [1.82, 2.24) is 14.6 Å². The number of carbonyl (C=O) groups excluding carboxylic acids is 1. The van der Waals surface area contributed by atoms with E-state index in [0.29, 0.717) is 17.4 Å². The number of hydrogen-bond acceptors (Lipinski definition) is 10. The van der Waals surface area contributed by atoms with Crippen molar-refractivity contribution in [3.05, 3.63) is 63.4 Å². The van der Waals surface area contributed by atoms with Gasteiger partial charge >= 0.3 is 19.4 Å². The third-order valence-corrected chi connectivity index (χ3v) is 8.44. The molecule has 1 saturated carbocycles. The van der Waals surface area contributed by atoms with Crippen LogP contribution in [0, 0.1) is 0 Å². The zero-order chi connectivity index (χ0) is 29.1. The van der Waals surface area contributed by atoms with Crippen LogP contribution in [0.15, 0.2) is 52.2 Å². The lowest BCUT2D eigenvalue weighted by Gasteiger charge is -2.29. The lowest BCUT2D eigenvalue weighted by molar-refractivity contribution is -0.204. The Labute approximate surface area is 228 Å². The summed E-state index contributed by atoms with van der Waals surface area (Å²) in [6.07, 6.45) is 0.925. The van der Waals surface area contributed by atoms with Gasteiger partial charge in [0.1, 0.15) is 36.2 Å². The number of nitrogens with one attached hydrogen (secondary N) is 2. The van der Waals surface area contributed by atoms with E-state index in [-0.39, 0.29) is 11.9 Å². The number of ether oxygens (including phenoxy) is 2. The second-order valence-electron chi connectivity index (χ2n) is 10.1. The number of aliphatic hydroxyl groups excluding tert-OH is 1. The van der Waals surface area contributed by atoms with Crippen molar-refractivity contribution in [1.29, 1.82) is 0 Å². The summed E-state index contributed by atoms with van der Waals surface area (Å²) in [4.78, 5) is 38.3. The Balaban J connectivity index is 1.53. The van der Waals surface area contributed by atoms with E-state index in [1.165, 1.54) is 19.1 Å². The molecule has 0 amide bonds. The van der Waals surface area contributed by atoms with Gasteiger partial charge in [-0.25, -0.2) is 13.8 Å². The maximum Gasteiger partial charge on any atom is 0.459 e. The molecule has 0 spiro atoms. The normalized spacial score (nSPS) is 29.4. The fraction of sp³-hybridized carbons (Fsp3) is 0.560. The van der Waals surface area contributed by atoms with Crippen LogP contribution in [-0.4, -0.2) is 62.0 Å². The van der Waals surface area contributed by atoms with E-state index in [4.69, 9.17) is 18.5 Å². The monoisotopic (exact) mass is 585 g/mol. The number of rotatable bonds is 10. The molecular weight excluding hydrogens is 552 g/mol. The van der Waals surface area contributed by atoms with Crippen LogP contribution in [0.25, 0.3) is 0 Å². The molecule has 4 rings (SSSR count). The number of carbonyl (C=O) groups is 1. The minimum absolute atomic E-state index is 0.0663. The Hall–Kier alpha value is -2.87. The van der Waals surface area contributed by atoms with Crippen LogP contribution >= 0.6 is 7.75 Å². The molecule has 1 aliphatic carbocycles. The van der Waals surface area contributed by atoms with Gasteiger partial charge in [-0.05, 0) is 51.7 Å². The van der Waals surface area contributed by atoms with Crippen LogP contribution in [0.2, 0.25) is 0 Å². The Bertz CT molecular complexity index is 1350. The fourth-order valence-electron chi connectivity index (χ4n) is 4.63. The highest BCUT2D eigenvalue weighted by Gasteiger charge is 2.63. The van der Waals surface area contributed by atoms with Crippen LogP contribution < -0.4 is 20.9 Å². The minimum Gasteiger partial charge on any atom is -0.461 e. The van der Waals surface area contributed by atoms with Gasteiger partial charge in [-0.2, -0.15) is 5.09 Å². The highest BCUT2D eigenvalue weighted by molar-refractivity contribution is 7.52. The Morgan fingerprint density at radius 3 is 2.58 bits per heavy atom. The van der Waals surface area contributed by atoms with Gasteiger partial charge in [0.15, 0.2) is 6.23 Å². The standard InChI is InChI=1S/C25H33FN3O10P/c1-16(20(31)37-17-9-5-3-6-10-17)28-40(35,39-18-11-7-4-8-12-18)36-15-25(26)21(32)24(2,34)22(38-25)29-14-13-19(30)27-23(29)33/h4,7-8,11-14,16-17,21-22,32,34H,3,5-6,9-10,15H2,1-2H3,(H,28,35)(H,27,30,33)/t16?,21-,22+,24+,25+,40+/m0/s1. The predicted octanol–water partition coefficient (Wildman–Crippen LogP) is 1.90. The van der Waals surface area contributed by atoms with Crippen molar-refractivity contribution in [3.8, 4) is 5.75 Å². The minimum atomic E-state index is -4.56. The molecule has 4 N–H and O–H groups in total. The van der Waals surface area contributed by atoms with E-state index in [1.807, 2.05) is 4.98 Å². The third-order valence-electron chi connectivity index (χ3n) is 6.81. The summed E-state index contributed by atoms with van der Waals surface area (Å²) in [5, 5.41) is 23.9. The summed E-state index contributed by atoms with van der Waals surface area (Å²) in [7, 11) is -4.56. The maximum atomic E-state index is 16.0. The highest BCUT2D eigenvalue weighted by atomic mass is 31.2. The molecule has 0 bridgehead atoms. The molecule has 1 saturated heterocycles. The Morgan fingerprint density at radius 2 is 1.93 bits per heavy atom. The lowest BCUT2D eigenvalue weighted by Crippen LogP contribution is -2.50. The number of alkyl halides is 1. The van der Waals surface area contributed by atoms with Crippen LogP contribution in [0.5, 0.6) is 5.75 Å². The van der Waals surface area contributed by atoms with E-state index in [2.05, 4.69) is 5.09 Å². The van der Waals surface area contributed by atoms with E-state index in [0.717, 1.165) is 38.4 Å². The Morgan fingerprint density at radius 1 is 1.25 bits per heavy atom. The average molecular weight is 586 g/mol. The molecule has 220 valence electrons. The maximum absolute atomic E-state index is 16.0. The molecule has 2 fully saturated rings. The van der Waals surface area contributed by atoms with E-state index >= 15 is 4.39 Å². The summed E-state index contributed by atoms with van der Waals surface area (Å²) in [6, 6.07) is 7.51. The number of H-pyrrole nitrogens is 1. The predicted molar refractivity (Wildman–Crippen MR) is 138 cm³/mol. The molecule has 2 aromatic rings. The van der Waals surface area contributed by atoms with Gasteiger partial charge < -0.3 is 24.2 Å². The van der Waals surface area contributed by atoms with Crippen LogP contribution in [-0.2, 0) is 23.4 Å². The van der Waals surface area contributed by atoms with Crippen LogP contribution in [0.3, 0.4) is 0 Å². The van der Waals surface area contributed by atoms with Gasteiger partial charge in [0.05, 0.1) is 0 Å². The fourth-order valence-corrected chi connectivity index (χ4v) is 6.13. The van der Waals surface area contributed by atoms with Crippen molar-refractivity contribution in [2.75, 3.05) is 6.61 Å². The van der Waals surface area contributed by atoms with Gasteiger partial charge in [0, 0.05) is 12.3 Å². The molecule has 1 aromatic heterocycles. The molecular formula is C25H33FN3O10P. The largest absolute Gasteiger partial charge is 0.461 e. The number of hydrogen-bond donors (Lipinski definition) is 4. The van der Waals surface area contributed by atoms with E-state index in [1.54, 1.807) is 18.2 Å². The van der Waals surface area contributed by atoms with Gasteiger partial charge in [-0.15, -0.1) is 0 Å². The molecule has 1 aliphatic heterocycles. The lowest BCUT2D eigenvalue weighted by atomic mass is 9.95. The number of para-hydroxylation sites is 1. The second-order valence-corrected chi connectivity index (χ2v) is 11.8. The summed E-state index contributed by atoms with van der Waals surface area (Å²) < 4.78 is 52.0. The summed E-state index contributed by atoms with van der Waals surface area (Å²) >= 11 is 0. The van der Waals surface area contributed by atoms with Crippen LogP contribution in [0.1, 0.15) is 52.2 Å². The Kier molecular flexibility index (Phi) is 8.98. The average Bonchev–Trinajstić information content (AvgIpc) is 3.09. The van der Waals surface area contributed by atoms with Crippen molar-refractivity contribution in [2.45, 2.75) is 81.9 Å². The van der Waals surface area contributed by atoms with Crippen molar-refractivity contribution in [2.24, 2.45) is 0 Å². The van der Waals surface area contributed by atoms with Crippen molar-refractivity contribution >= 4 is 13.7 Å². The number of aliphatic hydroxyl groups is 2. The topological polar surface area (TPSA) is 178 Å². The molecule has 0 radical (unpaired) electrons. The van der Waals surface area contributed by atoms with Crippen molar-refractivity contribution in [3.63, 3.8) is 0 Å². The van der Waals surface area contributed by atoms with Gasteiger partial charge in [-0.1, -0.05) is 24.6 Å². The third kappa shape index (κ3) is 6.70.